The van der Waals surface area contributed by atoms with E-state index < -0.39 is 22.2 Å². The summed E-state index contributed by atoms with van der Waals surface area (Å²) in [5.41, 5.74) is 13.1. The largest absolute Gasteiger partial charge is 1.00 e. The first-order valence-corrected chi connectivity index (χ1v) is 11.9. The van der Waals surface area contributed by atoms with Crippen LogP contribution in [0.1, 0.15) is 0 Å². The second-order valence-electron chi connectivity index (χ2n) is 6.18. The number of hydrogen-bond donors (Lipinski definition) is 4. The van der Waals surface area contributed by atoms with Crippen molar-refractivity contribution >= 4 is 68.3 Å². The van der Waals surface area contributed by atoms with Crippen LogP contribution >= 0.6 is 12.0 Å². The molecule has 0 fully saturated rings. The molecular formula is C18H15N6NaO7S3Y2. The number of anilines is 2. The Labute approximate surface area is 292 Å². The van der Waals surface area contributed by atoms with Crippen LogP contribution in [0.4, 0.5) is 34.1 Å². The van der Waals surface area contributed by atoms with Crippen molar-refractivity contribution in [3.63, 3.8) is 0 Å². The molecule has 0 aliphatic carbocycles. The summed E-state index contributed by atoms with van der Waals surface area (Å²) in [6, 6.07) is 12.9. The van der Waals surface area contributed by atoms with Gasteiger partial charge in [-0.3, -0.25) is 5.04 Å². The molecule has 6 N–H and O–H groups in total. The average Bonchev–Trinajstić information content (AvgIpc) is 2.83. The molecule has 3 aromatic carbocycles. The smallest absolute Gasteiger partial charge is 0.691 e. The van der Waals surface area contributed by atoms with Crippen LogP contribution in [0.5, 0.6) is 0 Å². The zero-order chi connectivity index (χ0) is 24.7. The predicted molar refractivity (Wildman–Crippen MR) is 123 cm³/mol. The van der Waals surface area contributed by atoms with E-state index >= 15 is 0 Å². The number of nitrogen functional groups attached to an aromatic ring is 2. The van der Waals surface area contributed by atoms with Gasteiger partial charge in [-0.25, -0.2) is 8.42 Å². The maximum atomic E-state index is 11.1. The number of nitrogens with zero attached hydrogens (tertiary/aromatic N) is 4. The van der Waals surface area contributed by atoms with Crippen molar-refractivity contribution in [2.24, 2.45) is 20.5 Å². The molecule has 3 rings (SSSR count). The SMILES string of the molecule is Nc1c(N=Nc2ccc(S(=O)O)cc2)cc(SOO[O-])c(N)c1N=Nc1ccc(S(=O)O)cc1.[Na+].[Y].[Y]. The summed E-state index contributed by atoms with van der Waals surface area (Å²) >= 11 is -3.76. The molecule has 3 aromatic rings. The summed E-state index contributed by atoms with van der Waals surface area (Å²) < 4.78 is 44.7. The van der Waals surface area contributed by atoms with Crippen molar-refractivity contribution in [2.75, 3.05) is 11.5 Å². The fourth-order valence-corrected chi connectivity index (χ4v) is 3.64. The minimum absolute atomic E-state index is 0. The van der Waals surface area contributed by atoms with Crippen molar-refractivity contribution in [3.05, 3.63) is 54.6 Å². The first-order chi connectivity index (χ1) is 16.3. The maximum Gasteiger partial charge on any atom is 1.00 e. The van der Waals surface area contributed by atoms with Crippen molar-refractivity contribution in [1.82, 2.24) is 0 Å². The van der Waals surface area contributed by atoms with Gasteiger partial charge in [-0.1, -0.05) is 0 Å². The van der Waals surface area contributed by atoms with Crippen LogP contribution in [0.25, 0.3) is 0 Å². The third-order valence-corrected chi connectivity index (χ3v) is 6.08. The molecule has 0 amide bonds. The molecule has 0 aliphatic heterocycles. The normalized spacial score (nSPS) is 12.4. The molecule has 0 heterocycles. The summed E-state index contributed by atoms with van der Waals surface area (Å²) in [5.74, 6) is 0. The van der Waals surface area contributed by atoms with Gasteiger partial charge in [0.25, 0.3) is 0 Å². The maximum absolute atomic E-state index is 11.1. The van der Waals surface area contributed by atoms with E-state index in [0.717, 1.165) is 0 Å². The number of rotatable bonds is 9. The fraction of sp³-hybridized carbons (Fsp3) is 0. The van der Waals surface area contributed by atoms with Gasteiger partial charge in [0.15, 0.2) is 22.2 Å². The Bertz CT molecular complexity index is 1290. The van der Waals surface area contributed by atoms with E-state index in [9.17, 15) is 13.7 Å². The van der Waals surface area contributed by atoms with Crippen molar-refractivity contribution in [2.45, 2.75) is 14.7 Å². The molecule has 0 saturated carbocycles. The summed E-state index contributed by atoms with van der Waals surface area (Å²) in [5, 5.41) is 29.8. The van der Waals surface area contributed by atoms with Gasteiger partial charge in [0.2, 0.25) is 0 Å². The van der Waals surface area contributed by atoms with Gasteiger partial charge in [0.1, 0.15) is 11.4 Å². The molecule has 19 heteroatoms. The molecular weight excluding hydrogens is 709 g/mol. The molecule has 0 bridgehead atoms. The molecule has 2 unspecified atom stereocenters. The van der Waals surface area contributed by atoms with Crippen LogP contribution in [0.3, 0.4) is 0 Å². The first-order valence-electron chi connectivity index (χ1n) is 8.90. The van der Waals surface area contributed by atoms with E-state index in [4.69, 9.17) is 20.6 Å². The van der Waals surface area contributed by atoms with Gasteiger partial charge in [-0.05, 0) is 54.6 Å². The van der Waals surface area contributed by atoms with Gasteiger partial charge < -0.3 is 25.8 Å². The van der Waals surface area contributed by atoms with E-state index in [2.05, 4.69) is 29.8 Å². The minimum atomic E-state index is -2.13. The zero-order valence-electron chi connectivity index (χ0n) is 19.0. The average molecular weight is 724 g/mol. The quantitative estimate of drug-likeness (QED) is 0.0468. The van der Waals surface area contributed by atoms with E-state index in [1.165, 1.54) is 54.6 Å². The summed E-state index contributed by atoms with van der Waals surface area (Å²) in [4.78, 5) is 0.567. The van der Waals surface area contributed by atoms with Crippen LogP contribution in [0.15, 0.2) is 89.7 Å². The van der Waals surface area contributed by atoms with Gasteiger partial charge >= 0.3 is 29.6 Å². The fourth-order valence-electron chi connectivity index (χ4n) is 2.45. The second kappa shape index (κ2) is 18.5. The standard InChI is InChI=1S/C18H16N6O7S3.Na.2Y/c19-16-14(23-21-10-1-5-12(6-2-10)33(26)27)9-15(32-31-30-25)17(20)18(16)24-22-11-3-7-13(8-4-11)34(28)29;;;/h1-9,25H,19-20H2,(H,26,27)(H,28,29);;;/q;+1;;/p-1. The zero-order valence-corrected chi connectivity index (χ0v) is 29.1. The number of hydrogen-bond acceptors (Lipinski definition) is 12. The monoisotopic (exact) mass is 724 g/mol. The van der Waals surface area contributed by atoms with Gasteiger partial charge in [0.05, 0.1) is 49.5 Å². The van der Waals surface area contributed by atoms with Crippen molar-refractivity contribution in [3.8, 4) is 0 Å². The molecule has 2 radical (unpaired) electrons. The molecule has 184 valence electrons. The molecule has 0 saturated heterocycles. The Kier molecular flexibility index (Phi) is 18.5. The van der Waals surface area contributed by atoms with Crippen LogP contribution < -0.4 is 46.3 Å². The van der Waals surface area contributed by atoms with Crippen LogP contribution in [-0.4, -0.2) is 17.5 Å². The third-order valence-electron chi connectivity index (χ3n) is 4.09. The predicted octanol–water partition coefficient (Wildman–Crippen LogP) is 1.07. The number of nitrogens with two attached hydrogens (primary N) is 2. The summed E-state index contributed by atoms with van der Waals surface area (Å²) in [6.45, 7) is 0. The molecule has 37 heavy (non-hydrogen) atoms. The molecule has 0 aromatic heterocycles. The summed E-state index contributed by atoms with van der Waals surface area (Å²) in [7, 11) is 0. The Morgan fingerprint density at radius 1 is 0.784 bits per heavy atom. The summed E-state index contributed by atoms with van der Waals surface area (Å²) in [6.07, 6.45) is 0. The van der Waals surface area contributed by atoms with Gasteiger partial charge in [0, 0.05) is 65.4 Å². The van der Waals surface area contributed by atoms with E-state index in [1.807, 2.05) is 0 Å². The number of benzene rings is 3. The number of azo groups is 2. The van der Waals surface area contributed by atoms with Gasteiger partial charge in [-0.15, -0.1) is 10.2 Å². The Balaban J connectivity index is 0.00000432. The van der Waals surface area contributed by atoms with Crippen LogP contribution in [-0.2, 0) is 97.0 Å². The molecule has 2 atom stereocenters. The van der Waals surface area contributed by atoms with Crippen LogP contribution in [0, 0.1) is 0 Å². The van der Waals surface area contributed by atoms with E-state index in [1.54, 1.807) is 0 Å². The second-order valence-corrected chi connectivity index (χ2v) is 8.86. The topological polar surface area (TPSA) is 218 Å². The van der Waals surface area contributed by atoms with Crippen LogP contribution in [0.2, 0.25) is 0 Å². The Hall–Kier alpha value is 0.118. The van der Waals surface area contributed by atoms with Gasteiger partial charge in [-0.2, -0.15) is 14.6 Å². The van der Waals surface area contributed by atoms with E-state index in [0.29, 0.717) is 23.4 Å². The first kappa shape index (κ1) is 37.1. The third kappa shape index (κ3) is 10.9. The van der Waals surface area contributed by atoms with Crippen molar-refractivity contribution < 1.29 is 127 Å². The van der Waals surface area contributed by atoms with E-state index in [-0.39, 0.29) is 132 Å². The van der Waals surface area contributed by atoms with Crippen molar-refractivity contribution in [1.29, 1.82) is 0 Å². The Morgan fingerprint density at radius 2 is 1.24 bits per heavy atom. The minimum Gasteiger partial charge on any atom is -0.691 e. The molecule has 0 aliphatic rings. The Morgan fingerprint density at radius 3 is 1.68 bits per heavy atom. The molecule has 0 spiro atoms. The molecule has 13 nitrogen and oxygen atoms in total.